The van der Waals surface area contributed by atoms with Gasteiger partial charge in [-0.05, 0) is 12.8 Å². The average molecular weight is 194 g/mol. The van der Waals surface area contributed by atoms with Crippen LogP contribution in [0, 0.1) is 0 Å². The largest absolute Gasteiger partial charge is 0.338 e. The third kappa shape index (κ3) is 1.76. The van der Waals surface area contributed by atoms with Gasteiger partial charge in [-0.2, -0.15) is 5.10 Å². The minimum atomic E-state index is 0.160. The number of likely N-dealkylation sites (tertiary alicyclic amines) is 1. The standard InChI is InChI=1S/C9H14N4O/c1-8(14)13-4-2-3-9(13)5-12-7-10-6-11-12/h6-7,9H,2-5H2,1H3. The fraction of sp³-hybridized carbons (Fsp3) is 0.667. The summed E-state index contributed by atoms with van der Waals surface area (Å²) in [6, 6.07) is 0.300. The van der Waals surface area contributed by atoms with Crippen LogP contribution < -0.4 is 0 Å². The van der Waals surface area contributed by atoms with Crippen LogP contribution in [-0.2, 0) is 11.3 Å². The molecule has 1 fully saturated rings. The van der Waals surface area contributed by atoms with E-state index in [1.807, 2.05) is 4.90 Å². The lowest BCUT2D eigenvalue weighted by Gasteiger charge is -2.22. The molecule has 0 saturated carbocycles. The maximum atomic E-state index is 11.3. The van der Waals surface area contributed by atoms with Crippen molar-refractivity contribution in [3.63, 3.8) is 0 Å². The lowest BCUT2D eigenvalue weighted by molar-refractivity contribution is -0.129. The van der Waals surface area contributed by atoms with Gasteiger partial charge >= 0.3 is 0 Å². The highest BCUT2D eigenvalue weighted by molar-refractivity contribution is 5.73. The molecule has 0 bridgehead atoms. The van der Waals surface area contributed by atoms with Crippen molar-refractivity contribution in [2.24, 2.45) is 0 Å². The topological polar surface area (TPSA) is 51.0 Å². The number of rotatable bonds is 2. The second-order valence-corrected chi connectivity index (χ2v) is 3.63. The van der Waals surface area contributed by atoms with Crippen LogP contribution in [0.1, 0.15) is 19.8 Å². The van der Waals surface area contributed by atoms with E-state index in [1.165, 1.54) is 6.33 Å². The van der Waals surface area contributed by atoms with Crippen LogP contribution in [0.2, 0.25) is 0 Å². The molecular weight excluding hydrogens is 180 g/mol. The summed E-state index contributed by atoms with van der Waals surface area (Å²) in [4.78, 5) is 17.1. The Morgan fingerprint density at radius 2 is 2.50 bits per heavy atom. The highest BCUT2D eigenvalue weighted by atomic mass is 16.2. The smallest absolute Gasteiger partial charge is 0.219 e. The summed E-state index contributed by atoms with van der Waals surface area (Å²) in [5.74, 6) is 0.160. The van der Waals surface area contributed by atoms with Crippen molar-refractivity contribution in [2.45, 2.75) is 32.4 Å². The van der Waals surface area contributed by atoms with Gasteiger partial charge in [0.1, 0.15) is 12.7 Å². The number of aromatic nitrogens is 3. The number of carbonyl (C=O) groups excluding carboxylic acids is 1. The zero-order chi connectivity index (χ0) is 9.97. The molecule has 1 atom stereocenters. The predicted molar refractivity (Wildman–Crippen MR) is 50.4 cm³/mol. The van der Waals surface area contributed by atoms with Crippen molar-refractivity contribution in [3.8, 4) is 0 Å². The van der Waals surface area contributed by atoms with Gasteiger partial charge < -0.3 is 4.90 Å². The second-order valence-electron chi connectivity index (χ2n) is 3.63. The third-order valence-corrected chi connectivity index (χ3v) is 2.65. The van der Waals surface area contributed by atoms with E-state index in [9.17, 15) is 4.79 Å². The summed E-state index contributed by atoms with van der Waals surface area (Å²) in [6.45, 7) is 3.27. The quantitative estimate of drug-likeness (QED) is 0.680. The zero-order valence-electron chi connectivity index (χ0n) is 8.26. The third-order valence-electron chi connectivity index (χ3n) is 2.65. The Bertz CT molecular complexity index is 309. The Labute approximate surface area is 82.7 Å². The molecule has 0 spiro atoms. The number of hydrogen-bond donors (Lipinski definition) is 0. The van der Waals surface area contributed by atoms with Gasteiger partial charge in [-0.1, -0.05) is 0 Å². The molecule has 1 aromatic heterocycles. The van der Waals surface area contributed by atoms with E-state index in [0.717, 1.165) is 25.9 Å². The van der Waals surface area contributed by atoms with Gasteiger partial charge in [-0.25, -0.2) is 4.98 Å². The van der Waals surface area contributed by atoms with Crippen molar-refractivity contribution in [1.82, 2.24) is 19.7 Å². The van der Waals surface area contributed by atoms with Crippen molar-refractivity contribution in [3.05, 3.63) is 12.7 Å². The SMILES string of the molecule is CC(=O)N1CCCC1Cn1cncn1. The minimum Gasteiger partial charge on any atom is -0.338 e. The first-order chi connectivity index (χ1) is 6.77. The fourth-order valence-corrected chi connectivity index (χ4v) is 1.98. The molecule has 1 amide bonds. The predicted octanol–water partition coefficient (Wildman–Crippen LogP) is 0.289. The van der Waals surface area contributed by atoms with E-state index >= 15 is 0 Å². The normalized spacial score (nSPS) is 21.5. The molecule has 1 aliphatic heterocycles. The lowest BCUT2D eigenvalue weighted by atomic mass is 10.2. The molecule has 1 saturated heterocycles. The van der Waals surface area contributed by atoms with Crippen LogP contribution in [0.4, 0.5) is 0 Å². The second kappa shape index (κ2) is 3.77. The molecule has 5 nitrogen and oxygen atoms in total. The molecule has 0 radical (unpaired) electrons. The van der Waals surface area contributed by atoms with Crippen molar-refractivity contribution in [2.75, 3.05) is 6.54 Å². The Morgan fingerprint density at radius 1 is 1.64 bits per heavy atom. The number of carbonyl (C=O) groups is 1. The van der Waals surface area contributed by atoms with Gasteiger partial charge in [0, 0.05) is 13.5 Å². The van der Waals surface area contributed by atoms with E-state index in [-0.39, 0.29) is 5.91 Å². The molecular formula is C9H14N4O. The van der Waals surface area contributed by atoms with E-state index in [1.54, 1.807) is 17.9 Å². The number of amides is 1. The van der Waals surface area contributed by atoms with E-state index in [4.69, 9.17) is 0 Å². The molecule has 1 aromatic rings. The van der Waals surface area contributed by atoms with Gasteiger partial charge in [-0.15, -0.1) is 0 Å². The first kappa shape index (κ1) is 9.18. The van der Waals surface area contributed by atoms with Crippen molar-refractivity contribution < 1.29 is 4.79 Å². The van der Waals surface area contributed by atoms with Crippen molar-refractivity contribution >= 4 is 5.91 Å². The van der Waals surface area contributed by atoms with E-state index < -0.39 is 0 Å². The summed E-state index contributed by atoms with van der Waals surface area (Å²) >= 11 is 0. The molecule has 14 heavy (non-hydrogen) atoms. The summed E-state index contributed by atoms with van der Waals surface area (Å²) in [5.41, 5.74) is 0. The van der Waals surface area contributed by atoms with Gasteiger partial charge in [0.25, 0.3) is 0 Å². The summed E-state index contributed by atoms with van der Waals surface area (Å²) < 4.78 is 1.78. The number of nitrogens with zero attached hydrogens (tertiary/aromatic N) is 4. The molecule has 0 N–H and O–H groups in total. The monoisotopic (exact) mass is 194 g/mol. The first-order valence-corrected chi connectivity index (χ1v) is 4.87. The highest BCUT2D eigenvalue weighted by Gasteiger charge is 2.26. The maximum absolute atomic E-state index is 11.3. The fourth-order valence-electron chi connectivity index (χ4n) is 1.98. The Kier molecular flexibility index (Phi) is 2.47. The van der Waals surface area contributed by atoms with Gasteiger partial charge in [-0.3, -0.25) is 9.48 Å². The summed E-state index contributed by atoms with van der Waals surface area (Å²) in [7, 11) is 0. The van der Waals surface area contributed by atoms with Gasteiger partial charge in [0.05, 0.1) is 12.6 Å². The van der Waals surface area contributed by atoms with Crippen LogP contribution in [-0.4, -0.2) is 38.2 Å². The summed E-state index contributed by atoms with van der Waals surface area (Å²) in [5, 5.41) is 4.04. The van der Waals surface area contributed by atoms with Gasteiger partial charge in [0.2, 0.25) is 5.91 Å². The van der Waals surface area contributed by atoms with Crippen LogP contribution in [0.3, 0.4) is 0 Å². The lowest BCUT2D eigenvalue weighted by Crippen LogP contribution is -2.36. The van der Waals surface area contributed by atoms with Crippen LogP contribution >= 0.6 is 0 Å². The molecule has 0 aromatic carbocycles. The Hall–Kier alpha value is -1.39. The molecule has 76 valence electrons. The molecule has 0 aliphatic carbocycles. The van der Waals surface area contributed by atoms with Crippen molar-refractivity contribution in [1.29, 1.82) is 0 Å². The molecule has 1 unspecified atom stereocenters. The Balaban J connectivity index is 2.00. The summed E-state index contributed by atoms with van der Waals surface area (Å²) in [6.07, 6.45) is 5.38. The molecule has 1 aliphatic rings. The minimum absolute atomic E-state index is 0.160. The van der Waals surface area contributed by atoms with Gasteiger partial charge in [0.15, 0.2) is 0 Å². The molecule has 2 heterocycles. The average Bonchev–Trinajstić information content (AvgIpc) is 2.75. The van der Waals surface area contributed by atoms with Crippen LogP contribution in [0.25, 0.3) is 0 Å². The molecule has 2 rings (SSSR count). The zero-order valence-corrected chi connectivity index (χ0v) is 8.26. The van der Waals surface area contributed by atoms with Crippen LogP contribution in [0.5, 0.6) is 0 Å². The number of hydrogen-bond acceptors (Lipinski definition) is 3. The highest BCUT2D eigenvalue weighted by Crippen LogP contribution is 2.18. The van der Waals surface area contributed by atoms with E-state index in [0.29, 0.717) is 6.04 Å². The Morgan fingerprint density at radius 3 is 3.14 bits per heavy atom. The molecule has 5 heteroatoms. The van der Waals surface area contributed by atoms with Crippen LogP contribution in [0.15, 0.2) is 12.7 Å². The first-order valence-electron chi connectivity index (χ1n) is 4.87. The van der Waals surface area contributed by atoms with E-state index in [2.05, 4.69) is 10.1 Å². The maximum Gasteiger partial charge on any atom is 0.219 e.